The van der Waals surface area contributed by atoms with E-state index >= 15 is 0 Å². The normalized spacial score (nSPS) is 21.3. The van der Waals surface area contributed by atoms with Gasteiger partial charge in [-0.2, -0.15) is 0 Å². The molecule has 0 bridgehead atoms. The minimum absolute atomic E-state index is 0.0208. The van der Waals surface area contributed by atoms with Crippen LogP contribution in [-0.2, 0) is 14.8 Å². The van der Waals surface area contributed by atoms with Gasteiger partial charge in [-0.15, -0.1) is 0 Å². The summed E-state index contributed by atoms with van der Waals surface area (Å²) in [6, 6.07) is -0.318. The fourth-order valence-electron chi connectivity index (χ4n) is 2.76. The van der Waals surface area contributed by atoms with Gasteiger partial charge < -0.3 is 10.6 Å². The Balaban J connectivity index is 2.53. The molecular formula is C14H29N3O3S. The molecule has 6 nitrogen and oxygen atoms in total. The number of carbonyl (C=O) groups is 1. The van der Waals surface area contributed by atoms with Crippen LogP contribution in [0.25, 0.3) is 0 Å². The molecule has 0 saturated carbocycles. The summed E-state index contributed by atoms with van der Waals surface area (Å²) in [5.74, 6) is 0.0208. The Morgan fingerprint density at radius 2 is 2.14 bits per heavy atom. The van der Waals surface area contributed by atoms with Crippen LogP contribution in [0, 0.1) is 0 Å². The first kappa shape index (κ1) is 18.4. The van der Waals surface area contributed by atoms with Crippen LogP contribution in [0.1, 0.15) is 51.9 Å². The minimum Gasteiger partial charge on any atom is -0.338 e. The van der Waals surface area contributed by atoms with Crippen molar-refractivity contribution in [2.75, 3.05) is 19.3 Å². The van der Waals surface area contributed by atoms with Crippen LogP contribution < -0.4 is 10.5 Å². The molecule has 124 valence electrons. The predicted octanol–water partition coefficient (Wildman–Crippen LogP) is 0.824. The first-order valence-electron chi connectivity index (χ1n) is 7.86. The van der Waals surface area contributed by atoms with E-state index in [1.165, 1.54) is 0 Å². The van der Waals surface area contributed by atoms with E-state index in [0.717, 1.165) is 51.3 Å². The summed E-state index contributed by atoms with van der Waals surface area (Å²) in [7, 11) is -3.17. The molecule has 1 heterocycles. The maximum Gasteiger partial charge on any atom is 0.239 e. The van der Waals surface area contributed by atoms with Gasteiger partial charge in [0.1, 0.15) is 0 Å². The fraction of sp³-hybridized carbons (Fsp3) is 0.929. The van der Waals surface area contributed by atoms with Crippen molar-refractivity contribution < 1.29 is 13.2 Å². The largest absolute Gasteiger partial charge is 0.338 e. The number of carbonyl (C=O) groups excluding carboxylic acids is 1. The number of piperidine rings is 1. The van der Waals surface area contributed by atoms with Gasteiger partial charge in [0.05, 0.1) is 12.3 Å². The maximum atomic E-state index is 12.4. The van der Waals surface area contributed by atoms with Crippen molar-refractivity contribution in [1.29, 1.82) is 0 Å². The van der Waals surface area contributed by atoms with Crippen LogP contribution in [0.15, 0.2) is 0 Å². The average molecular weight is 319 g/mol. The monoisotopic (exact) mass is 319 g/mol. The number of nitrogens with two attached hydrogens (primary N) is 1. The molecule has 0 aromatic carbocycles. The molecule has 1 unspecified atom stereocenters. The van der Waals surface area contributed by atoms with Crippen molar-refractivity contribution in [3.63, 3.8) is 0 Å². The number of hydrogen-bond donors (Lipinski definition) is 2. The maximum absolute atomic E-state index is 12.4. The third-order valence-electron chi connectivity index (χ3n) is 3.94. The molecule has 0 aromatic rings. The number of sulfonamides is 1. The van der Waals surface area contributed by atoms with Gasteiger partial charge in [0.15, 0.2) is 0 Å². The molecule has 0 aliphatic carbocycles. The van der Waals surface area contributed by atoms with Gasteiger partial charge in [-0.1, -0.05) is 19.8 Å². The Kier molecular flexibility index (Phi) is 7.62. The van der Waals surface area contributed by atoms with Crippen molar-refractivity contribution in [2.45, 2.75) is 64.0 Å². The van der Waals surface area contributed by atoms with Crippen LogP contribution in [0.2, 0.25) is 0 Å². The van der Waals surface area contributed by atoms with E-state index in [4.69, 9.17) is 5.73 Å². The summed E-state index contributed by atoms with van der Waals surface area (Å²) >= 11 is 0. The average Bonchev–Trinajstić information content (AvgIpc) is 2.43. The molecule has 1 aliphatic heterocycles. The highest BCUT2D eigenvalue weighted by molar-refractivity contribution is 7.88. The molecule has 1 aliphatic rings. The molecule has 1 rings (SSSR count). The van der Waals surface area contributed by atoms with Gasteiger partial charge in [0, 0.05) is 19.1 Å². The Labute approximate surface area is 128 Å². The zero-order valence-corrected chi connectivity index (χ0v) is 14.0. The topological polar surface area (TPSA) is 92.5 Å². The first-order chi connectivity index (χ1) is 9.85. The lowest BCUT2D eigenvalue weighted by Crippen LogP contribution is -2.51. The summed E-state index contributed by atoms with van der Waals surface area (Å²) in [6.45, 7) is 3.19. The van der Waals surface area contributed by atoms with Crippen LogP contribution >= 0.6 is 0 Å². The van der Waals surface area contributed by atoms with E-state index in [1.807, 2.05) is 4.90 Å². The van der Waals surface area contributed by atoms with Crippen LogP contribution in [0.3, 0.4) is 0 Å². The lowest BCUT2D eigenvalue weighted by molar-refractivity contribution is -0.136. The highest BCUT2D eigenvalue weighted by atomic mass is 32.2. The minimum atomic E-state index is -3.17. The molecular weight excluding hydrogens is 290 g/mol. The number of rotatable bonds is 8. The summed E-state index contributed by atoms with van der Waals surface area (Å²) in [6.07, 6.45) is 7.53. The van der Waals surface area contributed by atoms with Gasteiger partial charge in [0.2, 0.25) is 15.9 Å². The molecule has 0 spiro atoms. The number of unbranched alkanes of at least 4 members (excludes halogenated alkanes) is 1. The Morgan fingerprint density at radius 3 is 2.76 bits per heavy atom. The SMILES string of the molecule is CCCC[C@H](N)C(=O)N1CCCCC1CCNS(C)(=O)=O. The number of nitrogens with one attached hydrogen (secondary N) is 1. The van der Waals surface area contributed by atoms with E-state index in [2.05, 4.69) is 11.6 Å². The van der Waals surface area contributed by atoms with Crippen molar-refractivity contribution in [3.05, 3.63) is 0 Å². The second kappa shape index (κ2) is 8.70. The Bertz CT molecular complexity index is 425. The number of hydrogen-bond acceptors (Lipinski definition) is 4. The lowest BCUT2D eigenvalue weighted by atomic mass is 9.97. The third kappa shape index (κ3) is 6.76. The highest BCUT2D eigenvalue weighted by Gasteiger charge is 2.29. The van der Waals surface area contributed by atoms with Crippen molar-refractivity contribution >= 4 is 15.9 Å². The summed E-state index contributed by atoms with van der Waals surface area (Å²) in [5, 5.41) is 0. The summed E-state index contributed by atoms with van der Waals surface area (Å²) in [4.78, 5) is 14.3. The van der Waals surface area contributed by atoms with E-state index in [9.17, 15) is 13.2 Å². The predicted molar refractivity (Wildman–Crippen MR) is 84.3 cm³/mol. The molecule has 21 heavy (non-hydrogen) atoms. The second-order valence-electron chi connectivity index (χ2n) is 5.89. The van der Waals surface area contributed by atoms with Crippen LogP contribution in [0.5, 0.6) is 0 Å². The Hall–Kier alpha value is -0.660. The molecule has 1 saturated heterocycles. The summed E-state index contributed by atoms with van der Waals surface area (Å²) in [5.41, 5.74) is 5.99. The van der Waals surface area contributed by atoms with Gasteiger partial charge in [0.25, 0.3) is 0 Å². The first-order valence-corrected chi connectivity index (χ1v) is 9.75. The van der Waals surface area contributed by atoms with E-state index < -0.39 is 16.1 Å². The van der Waals surface area contributed by atoms with E-state index in [-0.39, 0.29) is 11.9 Å². The van der Waals surface area contributed by atoms with Gasteiger partial charge in [-0.05, 0) is 32.1 Å². The van der Waals surface area contributed by atoms with Crippen molar-refractivity contribution in [2.24, 2.45) is 5.73 Å². The second-order valence-corrected chi connectivity index (χ2v) is 7.72. The molecule has 0 aromatic heterocycles. The number of amides is 1. The Morgan fingerprint density at radius 1 is 1.43 bits per heavy atom. The van der Waals surface area contributed by atoms with E-state index in [1.54, 1.807) is 0 Å². The zero-order valence-electron chi connectivity index (χ0n) is 13.2. The summed E-state index contributed by atoms with van der Waals surface area (Å²) < 4.78 is 24.7. The van der Waals surface area contributed by atoms with Gasteiger partial charge >= 0.3 is 0 Å². The molecule has 2 atom stereocenters. The fourth-order valence-corrected chi connectivity index (χ4v) is 3.25. The molecule has 3 N–H and O–H groups in total. The highest BCUT2D eigenvalue weighted by Crippen LogP contribution is 2.21. The standard InChI is InChI=1S/C14H29N3O3S/c1-3-4-8-13(15)14(18)17-11-6-5-7-12(17)9-10-16-21(2,19)20/h12-13,16H,3-11,15H2,1-2H3/t12?,13-/m0/s1. The number of likely N-dealkylation sites (tertiary alicyclic amines) is 1. The molecule has 1 amide bonds. The lowest BCUT2D eigenvalue weighted by Gasteiger charge is -2.37. The zero-order chi connectivity index (χ0) is 15.9. The molecule has 0 radical (unpaired) electrons. The molecule has 1 fully saturated rings. The van der Waals surface area contributed by atoms with Crippen molar-refractivity contribution in [3.8, 4) is 0 Å². The number of nitrogens with zero attached hydrogens (tertiary/aromatic N) is 1. The van der Waals surface area contributed by atoms with Crippen LogP contribution in [0.4, 0.5) is 0 Å². The molecule has 7 heteroatoms. The van der Waals surface area contributed by atoms with Crippen molar-refractivity contribution in [1.82, 2.24) is 9.62 Å². The quantitative estimate of drug-likeness (QED) is 0.693. The third-order valence-corrected chi connectivity index (χ3v) is 4.67. The smallest absolute Gasteiger partial charge is 0.239 e. The van der Waals surface area contributed by atoms with Gasteiger partial charge in [-0.3, -0.25) is 4.79 Å². The van der Waals surface area contributed by atoms with Crippen LogP contribution in [-0.4, -0.2) is 50.7 Å². The van der Waals surface area contributed by atoms with Gasteiger partial charge in [-0.25, -0.2) is 13.1 Å². The van der Waals surface area contributed by atoms with E-state index in [0.29, 0.717) is 13.0 Å².